The average molecular weight is 379 g/mol. The van der Waals surface area contributed by atoms with Crippen LogP contribution in [0, 0.1) is 0 Å². The van der Waals surface area contributed by atoms with E-state index < -0.39 is 0 Å². The first kappa shape index (κ1) is 17.5. The van der Waals surface area contributed by atoms with E-state index in [-0.39, 0.29) is 5.91 Å². The molecular weight excluding hydrogens is 360 g/mol. The van der Waals surface area contributed by atoms with E-state index in [1.54, 1.807) is 12.1 Å². The van der Waals surface area contributed by atoms with Crippen molar-refractivity contribution in [2.75, 3.05) is 11.9 Å². The van der Waals surface area contributed by atoms with Gasteiger partial charge in [0.05, 0.1) is 0 Å². The molecule has 0 aliphatic carbocycles. The summed E-state index contributed by atoms with van der Waals surface area (Å²) in [7, 11) is 0. The molecule has 2 aromatic carbocycles. The SMILES string of the molecule is O=C(c1ccc(NCc2ccc(Cl)cc2)nn1)N1CCc2ccccc2C1. The van der Waals surface area contributed by atoms with Crippen LogP contribution in [0.25, 0.3) is 0 Å². The Morgan fingerprint density at radius 3 is 2.52 bits per heavy atom. The number of fused-ring (bicyclic) bond motifs is 1. The van der Waals surface area contributed by atoms with Gasteiger partial charge in [0.25, 0.3) is 5.91 Å². The van der Waals surface area contributed by atoms with Gasteiger partial charge in [0.1, 0.15) is 5.82 Å². The first-order chi connectivity index (χ1) is 13.2. The van der Waals surface area contributed by atoms with Crippen molar-refractivity contribution in [1.82, 2.24) is 15.1 Å². The Morgan fingerprint density at radius 2 is 1.78 bits per heavy atom. The Bertz CT molecular complexity index is 941. The maximum Gasteiger partial charge on any atom is 0.274 e. The number of carbonyl (C=O) groups is 1. The molecule has 1 aliphatic rings. The molecule has 0 bridgehead atoms. The molecule has 3 aromatic rings. The van der Waals surface area contributed by atoms with Crippen LogP contribution >= 0.6 is 11.6 Å². The molecule has 27 heavy (non-hydrogen) atoms. The van der Waals surface area contributed by atoms with E-state index in [2.05, 4.69) is 27.6 Å². The fraction of sp³-hybridized carbons (Fsp3) is 0.190. The lowest BCUT2D eigenvalue weighted by atomic mass is 10.00. The summed E-state index contributed by atoms with van der Waals surface area (Å²) in [6.07, 6.45) is 0.871. The second-order valence-electron chi connectivity index (χ2n) is 6.53. The van der Waals surface area contributed by atoms with Gasteiger partial charge >= 0.3 is 0 Å². The van der Waals surface area contributed by atoms with Gasteiger partial charge in [-0.2, -0.15) is 0 Å². The van der Waals surface area contributed by atoms with Gasteiger partial charge in [0.15, 0.2) is 5.69 Å². The zero-order valence-electron chi connectivity index (χ0n) is 14.7. The van der Waals surface area contributed by atoms with Crippen LogP contribution in [0.15, 0.2) is 60.7 Å². The summed E-state index contributed by atoms with van der Waals surface area (Å²) < 4.78 is 0. The summed E-state index contributed by atoms with van der Waals surface area (Å²) in [5.74, 6) is 0.548. The highest BCUT2D eigenvalue weighted by Crippen LogP contribution is 2.20. The third-order valence-electron chi connectivity index (χ3n) is 4.69. The van der Waals surface area contributed by atoms with E-state index >= 15 is 0 Å². The number of hydrogen-bond acceptors (Lipinski definition) is 4. The predicted molar refractivity (Wildman–Crippen MR) is 106 cm³/mol. The van der Waals surface area contributed by atoms with Crippen LogP contribution in [0.4, 0.5) is 5.82 Å². The van der Waals surface area contributed by atoms with Crippen LogP contribution in [0.1, 0.15) is 27.2 Å². The van der Waals surface area contributed by atoms with E-state index in [1.165, 1.54) is 11.1 Å². The summed E-state index contributed by atoms with van der Waals surface area (Å²) >= 11 is 5.89. The Hall–Kier alpha value is -2.92. The molecule has 2 heterocycles. The maximum absolute atomic E-state index is 12.7. The molecule has 0 fully saturated rings. The number of aromatic nitrogens is 2. The van der Waals surface area contributed by atoms with Crippen molar-refractivity contribution in [2.45, 2.75) is 19.5 Å². The Kier molecular flexibility index (Phi) is 5.03. The van der Waals surface area contributed by atoms with E-state index in [4.69, 9.17) is 11.6 Å². The van der Waals surface area contributed by atoms with Gasteiger partial charge in [0, 0.05) is 24.7 Å². The van der Waals surface area contributed by atoms with Crippen molar-refractivity contribution in [3.05, 3.63) is 88.1 Å². The molecule has 1 aromatic heterocycles. The van der Waals surface area contributed by atoms with Crippen molar-refractivity contribution in [2.24, 2.45) is 0 Å². The summed E-state index contributed by atoms with van der Waals surface area (Å²) in [5, 5.41) is 12.2. The van der Waals surface area contributed by atoms with E-state index in [1.807, 2.05) is 41.3 Å². The van der Waals surface area contributed by atoms with Gasteiger partial charge < -0.3 is 10.2 Å². The van der Waals surface area contributed by atoms with Crippen molar-refractivity contribution in [3.63, 3.8) is 0 Å². The molecular formula is C21H19ClN4O. The zero-order valence-corrected chi connectivity index (χ0v) is 15.5. The molecule has 1 amide bonds. The summed E-state index contributed by atoms with van der Waals surface area (Å²) in [4.78, 5) is 14.5. The molecule has 5 nitrogen and oxygen atoms in total. The summed E-state index contributed by atoms with van der Waals surface area (Å²) in [6, 6.07) is 19.4. The van der Waals surface area contributed by atoms with Gasteiger partial charge in [-0.25, -0.2) is 0 Å². The zero-order chi connectivity index (χ0) is 18.6. The van der Waals surface area contributed by atoms with Crippen molar-refractivity contribution in [3.8, 4) is 0 Å². The second kappa shape index (κ2) is 7.76. The molecule has 0 saturated carbocycles. The van der Waals surface area contributed by atoms with Crippen molar-refractivity contribution >= 4 is 23.3 Å². The minimum absolute atomic E-state index is 0.0822. The minimum atomic E-state index is -0.0822. The first-order valence-corrected chi connectivity index (χ1v) is 9.25. The maximum atomic E-state index is 12.7. The van der Waals surface area contributed by atoms with Gasteiger partial charge in [-0.3, -0.25) is 4.79 Å². The fourth-order valence-corrected chi connectivity index (χ4v) is 3.29. The van der Waals surface area contributed by atoms with Crippen molar-refractivity contribution < 1.29 is 4.79 Å². The highest BCUT2D eigenvalue weighted by Gasteiger charge is 2.22. The number of hydrogen-bond donors (Lipinski definition) is 1. The molecule has 4 rings (SSSR count). The Balaban J connectivity index is 1.38. The highest BCUT2D eigenvalue weighted by molar-refractivity contribution is 6.30. The number of rotatable bonds is 4. The van der Waals surface area contributed by atoms with Crippen LogP contribution in [0.5, 0.6) is 0 Å². The number of amides is 1. The molecule has 0 radical (unpaired) electrons. The van der Waals surface area contributed by atoms with Gasteiger partial charge in [-0.05, 0) is 47.4 Å². The molecule has 0 spiro atoms. The van der Waals surface area contributed by atoms with Crippen LogP contribution in [-0.4, -0.2) is 27.5 Å². The lowest BCUT2D eigenvalue weighted by molar-refractivity contribution is 0.0727. The number of nitrogens with zero attached hydrogens (tertiary/aromatic N) is 3. The summed E-state index contributed by atoms with van der Waals surface area (Å²) in [5.41, 5.74) is 3.97. The van der Waals surface area contributed by atoms with Crippen LogP contribution < -0.4 is 5.32 Å². The van der Waals surface area contributed by atoms with Crippen molar-refractivity contribution in [1.29, 1.82) is 0 Å². The number of benzene rings is 2. The molecule has 1 N–H and O–H groups in total. The lowest BCUT2D eigenvalue weighted by Crippen LogP contribution is -2.36. The largest absolute Gasteiger partial charge is 0.365 e. The van der Waals surface area contributed by atoms with Crippen LogP contribution in [-0.2, 0) is 19.5 Å². The van der Waals surface area contributed by atoms with Gasteiger partial charge in [-0.1, -0.05) is 48.0 Å². The third-order valence-corrected chi connectivity index (χ3v) is 4.94. The molecule has 1 aliphatic heterocycles. The first-order valence-electron chi connectivity index (χ1n) is 8.87. The topological polar surface area (TPSA) is 58.1 Å². The third kappa shape index (κ3) is 4.09. The number of anilines is 1. The number of carbonyl (C=O) groups excluding carboxylic acids is 1. The fourth-order valence-electron chi connectivity index (χ4n) is 3.17. The molecule has 0 atom stereocenters. The van der Waals surface area contributed by atoms with E-state index in [0.29, 0.717) is 36.2 Å². The molecule has 136 valence electrons. The lowest BCUT2D eigenvalue weighted by Gasteiger charge is -2.28. The minimum Gasteiger partial charge on any atom is -0.365 e. The number of halogens is 1. The van der Waals surface area contributed by atoms with Gasteiger partial charge in [-0.15, -0.1) is 10.2 Å². The molecule has 0 saturated heterocycles. The molecule has 6 heteroatoms. The highest BCUT2D eigenvalue weighted by atomic mass is 35.5. The van der Waals surface area contributed by atoms with E-state index in [0.717, 1.165) is 12.0 Å². The van der Waals surface area contributed by atoms with Gasteiger partial charge in [0.2, 0.25) is 0 Å². The van der Waals surface area contributed by atoms with E-state index in [9.17, 15) is 4.79 Å². The van der Waals surface area contributed by atoms with Crippen LogP contribution in [0.2, 0.25) is 5.02 Å². The number of nitrogens with one attached hydrogen (secondary N) is 1. The standard InChI is InChI=1S/C21H19ClN4O/c22-18-7-5-15(6-8-18)13-23-20-10-9-19(24-25-20)21(27)26-12-11-16-3-1-2-4-17(16)14-26/h1-10H,11-14H2,(H,23,25). The Labute approximate surface area is 163 Å². The Morgan fingerprint density at radius 1 is 1.00 bits per heavy atom. The monoisotopic (exact) mass is 378 g/mol. The quantitative estimate of drug-likeness (QED) is 0.747. The van der Waals surface area contributed by atoms with Crippen LogP contribution in [0.3, 0.4) is 0 Å². The summed E-state index contributed by atoms with van der Waals surface area (Å²) in [6.45, 7) is 1.93. The average Bonchev–Trinajstić information content (AvgIpc) is 2.73. The second-order valence-corrected chi connectivity index (χ2v) is 6.97. The molecule has 0 unspecified atom stereocenters. The smallest absolute Gasteiger partial charge is 0.274 e. The normalized spacial score (nSPS) is 13.1. The predicted octanol–water partition coefficient (Wildman–Crippen LogP) is 3.94.